The predicted molar refractivity (Wildman–Crippen MR) is 135 cm³/mol. The quantitative estimate of drug-likeness (QED) is 0.254. The fraction of sp³-hybridized carbons (Fsp3) is 0.308. The number of aromatic nitrogens is 2. The molecule has 0 N–H and O–H groups in total. The van der Waals surface area contributed by atoms with Gasteiger partial charge < -0.3 is 8.83 Å². The maximum atomic E-state index is 6.16. The molecule has 0 saturated carbocycles. The van der Waals surface area contributed by atoms with Gasteiger partial charge in [0.25, 0.3) is 0 Å². The first kappa shape index (κ1) is 19.9. The molecule has 0 amide bonds. The van der Waals surface area contributed by atoms with E-state index < -0.39 is 0 Å². The molecule has 2 aliphatic rings. The lowest BCUT2D eigenvalue weighted by molar-refractivity contribution is 0.591. The third-order valence-electron chi connectivity index (χ3n) is 6.52. The average molecular weight is 491 g/mol. The molecule has 4 nitrogen and oxygen atoms in total. The number of hydrogen-bond acceptors (Lipinski definition) is 7. The Morgan fingerprint density at radius 1 is 0.576 bits per heavy atom. The summed E-state index contributed by atoms with van der Waals surface area (Å²) in [5.74, 6) is 3.04. The predicted octanol–water partition coefficient (Wildman–Crippen LogP) is 8.27. The summed E-state index contributed by atoms with van der Waals surface area (Å²) in [4.78, 5) is 16.5. The maximum absolute atomic E-state index is 6.16. The molecular formula is C26H22N2O2S3. The molecular weight excluding hydrogens is 468 g/mol. The highest BCUT2D eigenvalue weighted by molar-refractivity contribution is 7.18. The van der Waals surface area contributed by atoms with Crippen molar-refractivity contribution in [2.75, 3.05) is 0 Å². The molecule has 0 atom stereocenters. The first-order valence-corrected chi connectivity index (χ1v) is 14.0. The Balaban J connectivity index is 1.14. The molecule has 0 aromatic carbocycles. The second-order valence-electron chi connectivity index (χ2n) is 8.76. The van der Waals surface area contributed by atoms with E-state index in [4.69, 9.17) is 8.83 Å². The molecule has 0 fully saturated rings. The third kappa shape index (κ3) is 3.63. The van der Waals surface area contributed by atoms with Crippen LogP contribution in [0.3, 0.4) is 0 Å². The summed E-state index contributed by atoms with van der Waals surface area (Å²) in [6, 6.07) is 8.67. The molecule has 5 aromatic heterocycles. The van der Waals surface area contributed by atoms with E-state index in [1.165, 1.54) is 82.0 Å². The van der Waals surface area contributed by atoms with Crippen molar-refractivity contribution in [3.63, 3.8) is 0 Å². The maximum Gasteiger partial charge on any atom is 0.236 e. The molecule has 33 heavy (non-hydrogen) atoms. The largest absolute Gasteiger partial charge is 0.434 e. The highest BCUT2D eigenvalue weighted by atomic mass is 32.1. The van der Waals surface area contributed by atoms with Crippen molar-refractivity contribution in [1.82, 2.24) is 9.97 Å². The van der Waals surface area contributed by atoms with Crippen LogP contribution in [-0.4, -0.2) is 9.97 Å². The van der Waals surface area contributed by atoms with Crippen LogP contribution in [0, 0.1) is 0 Å². The van der Waals surface area contributed by atoms with Gasteiger partial charge in [-0.2, -0.15) is 0 Å². The molecule has 166 valence electrons. The van der Waals surface area contributed by atoms with E-state index in [2.05, 4.69) is 22.1 Å². The summed E-state index contributed by atoms with van der Waals surface area (Å²) in [6.07, 6.45) is 13.7. The standard InChI is InChI=1S/C26H22N2O2S3/c1-3-7-19-15(5-1)11-23(31-19)17-13-27-25(29-17)21-9-10-22(33-21)26-28-14-18(30-26)24-12-16-6-2-4-8-20(16)32-24/h9-14H,1-8H2. The van der Waals surface area contributed by atoms with E-state index in [-0.39, 0.29) is 0 Å². The highest BCUT2D eigenvalue weighted by Gasteiger charge is 2.20. The van der Waals surface area contributed by atoms with Gasteiger partial charge in [0.2, 0.25) is 11.8 Å². The van der Waals surface area contributed by atoms with Crippen LogP contribution in [0.4, 0.5) is 0 Å². The van der Waals surface area contributed by atoms with Gasteiger partial charge in [-0.05, 0) is 86.8 Å². The van der Waals surface area contributed by atoms with Crippen molar-refractivity contribution in [1.29, 1.82) is 0 Å². The zero-order valence-electron chi connectivity index (χ0n) is 18.1. The lowest BCUT2D eigenvalue weighted by Crippen LogP contribution is -1.96. The Bertz CT molecular complexity index is 1290. The van der Waals surface area contributed by atoms with Crippen LogP contribution >= 0.6 is 34.0 Å². The Morgan fingerprint density at radius 2 is 1.06 bits per heavy atom. The summed E-state index contributed by atoms with van der Waals surface area (Å²) in [6.45, 7) is 0. The molecule has 0 spiro atoms. The topological polar surface area (TPSA) is 52.1 Å². The van der Waals surface area contributed by atoms with Crippen molar-refractivity contribution < 1.29 is 8.83 Å². The fourth-order valence-corrected chi connectivity index (χ4v) is 8.07. The number of fused-ring (bicyclic) bond motifs is 2. The monoisotopic (exact) mass is 490 g/mol. The van der Waals surface area contributed by atoms with Crippen LogP contribution in [0.1, 0.15) is 46.6 Å². The highest BCUT2D eigenvalue weighted by Crippen LogP contribution is 2.41. The van der Waals surface area contributed by atoms with Crippen molar-refractivity contribution in [3.8, 4) is 42.8 Å². The van der Waals surface area contributed by atoms with Crippen LogP contribution in [-0.2, 0) is 25.7 Å². The first-order valence-electron chi connectivity index (χ1n) is 11.6. The fourth-order valence-electron chi connectivity index (χ4n) is 4.80. The van der Waals surface area contributed by atoms with Gasteiger partial charge in [-0.3, -0.25) is 0 Å². The second-order valence-corrected chi connectivity index (χ2v) is 12.1. The lowest BCUT2D eigenvalue weighted by Gasteiger charge is -2.08. The summed E-state index contributed by atoms with van der Waals surface area (Å²) in [7, 11) is 0. The Kier molecular flexibility index (Phi) is 4.88. The molecule has 0 aliphatic heterocycles. The van der Waals surface area contributed by atoms with Crippen molar-refractivity contribution >= 4 is 34.0 Å². The molecule has 0 unspecified atom stereocenters. The van der Waals surface area contributed by atoms with Gasteiger partial charge in [0.15, 0.2) is 11.5 Å². The van der Waals surface area contributed by atoms with Crippen molar-refractivity contribution in [3.05, 3.63) is 57.5 Å². The zero-order chi connectivity index (χ0) is 21.8. The Labute approximate surface area is 204 Å². The molecule has 0 bridgehead atoms. The Morgan fingerprint density at radius 3 is 1.55 bits per heavy atom. The average Bonchev–Trinajstić information content (AvgIpc) is 3.66. The number of oxazole rings is 2. The summed E-state index contributed by atoms with van der Waals surface area (Å²) in [5.41, 5.74) is 2.98. The molecule has 5 heterocycles. The van der Waals surface area contributed by atoms with E-state index in [0.29, 0.717) is 11.8 Å². The van der Waals surface area contributed by atoms with Crippen LogP contribution in [0.5, 0.6) is 0 Å². The van der Waals surface area contributed by atoms with E-state index in [1.807, 2.05) is 47.2 Å². The van der Waals surface area contributed by atoms with Gasteiger partial charge >= 0.3 is 0 Å². The van der Waals surface area contributed by atoms with Gasteiger partial charge in [0.1, 0.15) is 0 Å². The molecule has 0 saturated heterocycles. The number of thiophene rings is 3. The van der Waals surface area contributed by atoms with Crippen LogP contribution < -0.4 is 0 Å². The van der Waals surface area contributed by atoms with Gasteiger partial charge in [0, 0.05) is 9.75 Å². The van der Waals surface area contributed by atoms with Crippen LogP contribution in [0.25, 0.3) is 42.8 Å². The molecule has 0 radical (unpaired) electrons. The van der Waals surface area contributed by atoms with Gasteiger partial charge in [-0.25, -0.2) is 9.97 Å². The van der Waals surface area contributed by atoms with Crippen LogP contribution in [0.15, 0.2) is 45.5 Å². The third-order valence-corrected chi connectivity index (χ3v) is 10.1. The minimum Gasteiger partial charge on any atom is -0.434 e. The minimum absolute atomic E-state index is 0.658. The van der Waals surface area contributed by atoms with Crippen LogP contribution in [0.2, 0.25) is 0 Å². The first-order chi connectivity index (χ1) is 16.3. The van der Waals surface area contributed by atoms with E-state index >= 15 is 0 Å². The normalized spacial score (nSPS) is 15.5. The lowest BCUT2D eigenvalue weighted by atomic mass is 9.99. The second kappa shape index (κ2) is 8.08. The summed E-state index contributed by atoms with van der Waals surface area (Å²) < 4.78 is 12.3. The summed E-state index contributed by atoms with van der Waals surface area (Å²) in [5, 5.41) is 0. The number of rotatable bonds is 4. The zero-order valence-corrected chi connectivity index (χ0v) is 20.5. The van der Waals surface area contributed by atoms with E-state index in [9.17, 15) is 0 Å². The smallest absolute Gasteiger partial charge is 0.236 e. The Hall–Kier alpha value is -2.48. The number of nitrogens with zero attached hydrogens (tertiary/aromatic N) is 2. The number of aryl methyl sites for hydroxylation is 4. The van der Waals surface area contributed by atoms with Crippen molar-refractivity contribution in [2.45, 2.75) is 51.4 Å². The SMILES string of the molecule is c1nc(-c2ccc(-c3ncc(-c4cc5c(s4)CCCC5)o3)s2)oc1-c1cc2c(s1)CCCC2. The minimum atomic E-state index is 0.658. The van der Waals surface area contributed by atoms with Gasteiger partial charge in [0.05, 0.1) is 31.9 Å². The van der Waals surface area contributed by atoms with Crippen molar-refractivity contribution in [2.24, 2.45) is 0 Å². The van der Waals surface area contributed by atoms with E-state index in [0.717, 1.165) is 21.3 Å². The molecule has 7 heteroatoms. The van der Waals surface area contributed by atoms with Gasteiger partial charge in [-0.1, -0.05) is 0 Å². The molecule has 5 aromatic rings. The summed E-state index contributed by atoms with van der Waals surface area (Å²) >= 11 is 5.32. The molecule has 2 aliphatic carbocycles. The molecule has 7 rings (SSSR count). The number of hydrogen-bond donors (Lipinski definition) is 0. The van der Waals surface area contributed by atoms with Gasteiger partial charge in [-0.15, -0.1) is 34.0 Å². The van der Waals surface area contributed by atoms with E-state index in [1.54, 1.807) is 11.3 Å².